The summed E-state index contributed by atoms with van der Waals surface area (Å²) in [5.41, 5.74) is 2.01. The van der Waals surface area contributed by atoms with Gasteiger partial charge in [-0.3, -0.25) is 9.69 Å². The third-order valence-corrected chi connectivity index (χ3v) is 5.09. The van der Waals surface area contributed by atoms with Crippen molar-refractivity contribution >= 4 is 17.3 Å². The zero-order valence-corrected chi connectivity index (χ0v) is 15.6. The zero-order chi connectivity index (χ0) is 17.8. The maximum atomic E-state index is 12.4. The van der Waals surface area contributed by atoms with Gasteiger partial charge in [0.25, 0.3) is 5.91 Å². The Labute approximate surface area is 150 Å². The van der Waals surface area contributed by atoms with E-state index in [2.05, 4.69) is 46.0 Å². The van der Waals surface area contributed by atoms with Crippen molar-refractivity contribution in [2.45, 2.75) is 26.0 Å². The van der Waals surface area contributed by atoms with Crippen LogP contribution in [0, 0.1) is 0 Å². The van der Waals surface area contributed by atoms with E-state index in [-0.39, 0.29) is 5.91 Å². The molecule has 0 bridgehead atoms. The largest absolute Gasteiger partial charge is 0.369 e. The van der Waals surface area contributed by atoms with Crippen LogP contribution in [0.2, 0.25) is 0 Å². The topological polar surface area (TPSA) is 48.0 Å². The third-order valence-electron chi connectivity index (χ3n) is 5.09. The number of anilines is 2. The summed E-state index contributed by atoms with van der Waals surface area (Å²) in [6.45, 7) is 10.8. The van der Waals surface area contributed by atoms with E-state index < -0.39 is 6.10 Å². The molecule has 1 aromatic carbocycles. The second-order valence-electron chi connectivity index (χ2n) is 7.28. The number of rotatable bonds is 4. The molecule has 6 heteroatoms. The number of nitrogens with zero attached hydrogens (tertiary/aromatic N) is 3. The lowest BCUT2D eigenvalue weighted by atomic mass is 10.2. The fourth-order valence-electron chi connectivity index (χ4n) is 3.44. The Bertz CT molecular complexity index is 585. The molecule has 1 unspecified atom stereocenters. The lowest BCUT2D eigenvalue weighted by Gasteiger charge is -2.38. The van der Waals surface area contributed by atoms with Gasteiger partial charge in [0, 0.05) is 56.7 Å². The summed E-state index contributed by atoms with van der Waals surface area (Å²) >= 11 is 0. The van der Waals surface area contributed by atoms with E-state index in [0.717, 1.165) is 38.4 Å². The van der Waals surface area contributed by atoms with E-state index >= 15 is 0 Å². The predicted molar refractivity (Wildman–Crippen MR) is 101 cm³/mol. The van der Waals surface area contributed by atoms with Crippen LogP contribution < -0.4 is 10.2 Å². The van der Waals surface area contributed by atoms with Crippen LogP contribution in [-0.2, 0) is 9.53 Å². The van der Waals surface area contributed by atoms with Gasteiger partial charge >= 0.3 is 0 Å². The van der Waals surface area contributed by atoms with Crippen LogP contribution in [0.4, 0.5) is 11.4 Å². The maximum Gasteiger partial charge on any atom is 0.254 e. The van der Waals surface area contributed by atoms with Crippen LogP contribution in [0.15, 0.2) is 24.3 Å². The molecule has 1 atom stereocenters. The number of piperazine rings is 1. The molecule has 2 aliphatic heterocycles. The van der Waals surface area contributed by atoms with Gasteiger partial charge in [0.05, 0.1) is 6.61 Å². The molecule has 0 aromatic heterocycles. The fourth-order valence-corrected chi connectivity index (χ4v) is 3.44. The first-order valence-electron chi connectivity index (χ1n) is 9.23. The first-order valence-corrected chi connectivity index (χ1v) is 9.23. The van der Waals surface area contributed by atoms with Crippen molar-refractivity contribution in [1.82, 2.24) is 9.80 Å². The van der Waals surface area contributed by atoms with Crippen LogP contribution in [0.5, 0.6) is 0 Å². The van der Waals surface area contributed by atoms with E-state index in [9.17, 15) is 4.79 Å². The van der Waals surface area contributed by atoms with Gasteiger partial charge in [-0.1, -0.05) is 6.07 Å². The van der Waals surface area contributed by atoms with Crippen LogP contribution in [0.3, 0.4) is 0 Å². The Morgan fingerprint density at radius 2 is 1.96 bits per heavy atom. The number of benzene rings is 1. The molecule has 0 spiro atoms. The minimum absolute atomic E-state index is 0.0617. The minimum atomic E-state index is -0.392. The first kappa shape index (κ1) is 18.2. The Hall–Kier alpha value is -1.63. The molecule has 1 aromatic rings. The molecule has 25 heavy (non-hydrogen) atoms. The number of carbonyl (C=O) groups is 1. The van der Waals surface area contributed by atoms with Crippen molar-refractivity contribution in [2.75, 3.05) is 63.1 Å². The Balaban J connectivity index is 1.59. The van der Waals surface area contributed by atoms with Crippen molar-refractivity contribution in [3.8, 4) is 0 Å². The van der Waals surface area contributed by atoms with Gasteiger partial charge in [-0.05, 0) is 39.1 Å². The number of ether oxygens (including phenoxy) is 1. The number of likely N-dealkylation sites (N-methyl/N-ethyl adjacent to an activating group) is 1. The lowest BCUT2D eigenvalue weighted by Crippen LogP contribution is -2.49. The van der Waals surface area contributed by atoms with Gasteiger partial charge in [-0.25, -0.2) is 0 Å². The molecule has 138 valence electrons. The fraction of sp³-hybridized carbons (Fsp3) is 0.632. The molecule has 0 aliphatic carbocycles. The Morgan fingerprint density at radius 1 is 1.20 bits per heavy atom. The Kier molecular flexibility index (Phi) is 5.93. The minimum Gasteiger partial charge on any atom is -0.369 e. The van der Waals surface area contributed by atoms with Crippen LogP contribution in [0.25, 0.3) is 0 Å². The van der Waals surface area contributed by atoms with Gasteiger partial charge in [0.15, 0.2) is 0 Å². The standard InChI is InChI=1S/C19H30N4O2/c1-15(2)22-7-9-23(10-8-22)17-6-4-5-16(13-17)20-19(24)18-14-21(3)11-12-25-18/h4-6,13,15,18H,7-12,14H2,1-3H3,(H,20,24). The second-order valence-corrected chi connectivity index (χ2v) is 7.28. The number of amides is 1. The summed E-state index contributed by atoms with van der Waals surface area (Å²) in [6, 6.07) is 8.73. The van der Waals surface area contributed by atoms with Gasteiger partial charge in [0.2, 0.25) is 0 Å². The molecule has 2 aliphatic rings. The van der Waals surface area contributed by atoms with Crippen molar-refractivity contribution in [1.29, 1.82) is 0 Å². The highest BCUT2D eigenvalue weighted by molar-refractivity contribution is 5.94. The molecule has 0 saturated carbocycles. The lowest BCUT2D eigenvalue weighted by molar-refractivity contribution is -0.132. The van der Waals surface area contributed by atoms with Crippen molar-refractivity contribution in [2.24, 2.45) is 0 Å². The summed E-state index contributed by atoms with van der Waals surface area (Å²) in [6.07, 6.45) is -0.392. The van der Waals surface area contributed by atoms with E-state index in [1.807, 2.05) is 19.2 Å². The summed E-state index contributed by atoms with van der Waals surface area (Å²) in [5, 5.41) is 3.01. The second kappa shape index (κ2) is 8.17. The van der Waals surface area contributed by atoms with Crippen molar-refractivity contribution in [3.05, 3.63) is 24.3 Å². The zero-order valence-electron chi connectivity index (χ0n) is 15.6. The number of hydrogen-bond donors (Lipinski definition) is 1. The summed E-state index contributed by atoms with van der Waals surface area (Å²) in [5.74, 6) is -0.0617. The molecular formula is C19H30N4O2. The van der Waals surface area contributed by atoms with Gasteiger partial charge in [0.1, 0.15) is 6.10 Å². The molecule has 2 fully saturated rings. The highest BCUT2D eigenvalue weighted by Gasteiger charge is 2.25. The maximum absolute atomic E-state index is 12.4. The first-order chi connectivity index (χ1) is 12.0. The van der Waals surface area contributed by atoms with Gasteiger partial charge < -0.3 is 19.9 Å². The SMILES string of the molecule is CC(C)N1CCN(c2cccc(NC(=O)C3CN(C)CCO3)c2)CC1. The van der Waals surface area contributed by atoms with Gasteiger partial charge in [-0.2, -0.15) is 0 Å². The van der Waals surface area contributed by atoms with E-state index in [4.69, 9.17) is 4.74 Å². The van der Waals surface area contributed by atoms with Crippen LogP contribution in [-0.4, -0.2) is 80.8 Å². The van der Waals surface area contributed by atoms with Crippen molar-refractivity contribution in [3.63, 3.8) is 0 Å². The molecule has 3 rings (SSSR count). The average molecular weight is 346 g/mol. The van der Waals surface area contributed by atoms with Crippen LogP contribution >= 0.6 is 0 Å². The number of hydrogen-bond acceptors (Lipinski definition) is 5. The smallest absolute Gasteiger partial charge is 0.254 e. The van der Waals surface area contributed by atoms with E-state index in [0.29, 0.717) is 19.2 Å². The summed E-state index contributed by atoms with van der Waals surface area (Å²) < 4.78 is 5.59. The van der Waals surface area contributed by atoms with Crippen molar-refractivity contribution < 1.29 is 9.53 Å². The molecule has 6 nitrogen and oxygen atoms in total. The molecule has 0 radical (unpaired) electrons. The number of nitrogens with one attached hydrogen (secondary N) is 1. The van der Waals surface area contributed by atoms with E-state index in [1.54, 1.807) is 0 Å². The highest BCUT2D eigenvalue weighted by atomic mass is 16.5. The normalized spacial score (nSPS) is 23.0. The average Bonchev–Trinajstić information content (AvgIpc) is 2.62. The molecular weight excluding hydrogens is 316 g/mol. The molecule has 1 N–H and O–H groups in total. The third kappa shape index (κ3) is 4.71. The number of carbonyl (C=O) groups excluding carboxylic acids is 1. The molecule has 2 saturated heterocycles. The molecule has 1 amide bonds. The summed E-state index contributed by atoms with van der Waals surface area (Å²) in [7, 11) is 2.01. The molecule has 2 heterocycles. The summed E-state index contributed by atoms with van der Waals surface area (Å²) in [4.78, 5) is 19.4. The number of morpholine rings is 1. The van der Waals surface area contributed by atoms with Crippen LogP contribution in [0.1, 0.15) is 13.8 Å². The highest BCUT2D eigenvalue weighted by Crippen LogP contribution is 2.22. The van der Waals surface area contributed by atoms with Gasteiger partial charge in [-0.15, -0.1) is 0 Å². The monoisotopic (exact) mass is 346 g/mol. The predicted octanol–water partition coefficient (Wildman–Crippen LogP) is 1.49. The Morgan fingerprint density at radius 3 is 2.64 bits per heavy atom. The van der Waals surface area contributed by atoms with E-state index in [1.165, 1.54) is 5.69 Å². The quantitative estimate of drug-likeness (QED) is 0.895.